The van der Waals surface area contributed by atoms with E-state index in [1.165, 1.54) is 6.26 Å². The second-order valence-corrected chi connectivity index (χ2v) is 13.1. The highest BCUT2D eigenvalue weighted by atomic mass is 35.5. The molecule has 11 heteroatoms. The number of nitrogens with one attached hydrogen (secondary N) is 2. The average molecular weight is 600 g/mol. The zero-order valence-corrected chi connectivity index (χ0v) is 25.1. The van der Waals surface area contributed by atoms with E-state index in [4.69, 9.17) is 17.0 Å². The maximum atomic E-state index is 11.7. The first-order chi connectivity index (χ1) is 20.0. The molecule has 0 atom stereocenters. The van der Waals surface area contributed by atoms with Gasteiger partial charge in [0.05, 0.1) is 45.9 Å². The summed E-state index contributed by atoms with van der Waals surface area (Å²) in [5.74, 6) is 0. The Bertz CT molecular complexity index is 2070. The zero-order valence-electron chi connectivity index (χ0n) is 23.5. The smallest absolute Gasteiger partial charge is 0.208 e. The Kier molecular flexibility index (Phi) is 7.05. The lowest BCUT2D eigenvalue weighted by molar-refractivity contribution is 0.461. The Morgan fingerprint density at radius 2 is 1.74 bits per heavy atom. The van der Waals surface area contributed by atoms with E-state index in [-0.39, 0.29) is 11.7 Å². The molecule has 2 aromatic heterocycles. The molecule has 2 N–H and O–H groups in total. The fourth-order valence-electron chi connectivity index (χ4n) is 5.89. The van der Waals surface area contributed by atoms with Crippen molar-refractivity contribution >= 4 is 49.2 Å². The van der Waals surface area contributed by atoms with Crippen LogP contribution in [-0.2, 0) is 17.1 Å². The van der Waals surface area contributed by atoms with Crippen molar-refractivity contribution in [2.45, 2.75) is 25.8 Å². The summed E-state index contributed by atoms with van der Waals surface area (Å²) in [4.78, 5) is 6.83. The lowest BCUT2D eigenvalue weighted by Gasteiger charge is -2.34. The number of anilines is 1. The maximum absolute atomic E-state index is 11.7. The number of rotatable bonds is 5. The molecule has 9 nitrogen and oxygen atoms in total. The van der Waals surface area contributed by atoms with Crippen LogP contribution >= 0.6 is 11.6 Å². The van der Waals surface area contributed by atoms with Crippen molar-refractivity contribution in [1.29, 1.82) is 10.7 Å². The molecule has 0 aliphatic carbocycles. The van der Waals surface area contributed by atoms with E-state index in [1.54, 1.807) is 10.8 Å². The van der Waals surface area contributed by atoms with Gasteiger partial charge in [-0.3, -0.25) is 15.0 Å². The number of piperidine rings is 1. The molecule has 0 radical (unpaired) electrons. The number of aryl methyl sites for hydroxylation is 2. The van der Waals surface area contributed by atoms with Gasteiger partial charge in [-0.15, -0.1) is 0 Å². The van der Waals surface area contributed by atoms with Crippen molar-refractivity contribution in [2.24, 2.45) is 7.05 Å². The minimum atomic E-state index is -3.27. The normalized spacial score (nSPS) is 14.5. The highest BCUT2D eigenvalue weighted by molar-refractivity contribution is 7.88. The first-order valence-electron chi connectivity index (χ1n) is 13.6. The molecule has 0 saturated carbocycles. The third kappa shape index (κ3) is 5.04. The quantitative estimate of drug-likeness (QED) is 0.294. The van der Waals surface area contributed by atoms with Crippen molar-refractivity contribution < 1.29 is 8.42 Å². The fourth-order valence-corrected chi connectivity index (χ4v) is 6.86. The van der Waals surface area contributed by atoms with Crippen LogP contribution in [0.1, 0.15) is 24.0 Å². The lowest BCUT2D eigenvalue weighted by atomic mass is 10.0. The SMILES string of the molecule is Cc1cc(N2CCC(NS(C)(=O)=O)CC2)c(C#N)cc1-n1c(=N)n(C)c2cnc3ccc(-c4ccc(Cl)cc4)cc3c21. The van der Waals surface area contributed by atoms with Crippen LogP contribution in [0, 0.1) is 23.7 Å². The van der Waals surface area contributed by atoms with Gasteiger partial charge >= 0.3 is 0 Å². The number of fused-ring (bicyclic) bond motifs is 3. The molecule has 0 spiro atoms. The van der Waals surface area contributed by atoms with Crippen molar-refractivity contribution in [3.05, 3.63) is 82.6 Å². The van der Waals surface area contributed by atoms with Crippen LogP contribution in [0.25, 0.3) is 38.8 Å². The lowest BCUT2D eigenvalue weighted by Crippen LogP contribution is -2.44. The van der Waals surface area contributed by atoms with E-state index in [2.05, 4.69) is 26.7 Å². The summed E-state index contributed by atoms with van der Waals surface area (Å²) in [5.41, 5.74) is 7.76. The van der Waals surface area contributed by atoms with E-state index >= 15 is 0 Å². The Morgan fingerprint density at radius 1 is 1.05 bits per heavy atom. The van der Waals surface area contributed by atoms with Gasteiger partial charge in [0.1, 0.15) is 6.07 Å². The monoisotopic (exact) mass is 599 g/mol. The number of imidazole rings is 1. The van der Waals surface area contributed by atoms with Gasteiger partial charge in [-0.05, 0) is 72.9 Å². The molecule has 214 valence electrons. The van der Waals surface area contributed by atoms with Crippen LogP contribution in [0.2, 0.25) is 5.02 Å². The van der Waals surface area contributed by atoms with Gasteiger partial charge < -0.3 is 9.47 Å². The summed E-state index contributed by atoms with van der Waals surface area (Å²) in [5, 5.41) is 20.9. The molecule has 1 aliphatic heterocycles. The Hall–Kier alpha value is -4.17. The molecule has 6 rings (SSSR count). The van der Waals surface area contributed by atoms with Gasteiger partial charge in [-0.2, -0.15) is 5.26 Å². The molecule has 3 aromatic carbocycles. The summed E-state index contributed by atoms with van der Waals surface area (Å²) in [7, 11) is -1.42. The van der Waals surface area contributed by atoms with Crippen LogP contribution in [0.15, 0.2) is 60.8 Å². The van der Waals surface area contributed by atoms with Crippen LogP contribution < -0.4 is 15.2 Å². The van der Waals surface area contributed by atoms with Crippen LogP contribution in [0.5, 0.6) is 0 Å². The molecule has 1 fully saturated rings. The molecule has 5 aromatic rings. The average Bonchev–Trinajstić information content (AvgIpc) is 3.22. The highest BCUT2D eigenvalue weighted by Crippen LogP contribution is 2.33. The summed E-state index contributed by atoms with van der Waals surface area (Å²) in [6, 6.07) is 19.9. The number of hydrogen-bond donors (Lipinski definition) is 2. The summed E-state index contributed by atoms with van der Waals surface area (Å²) >= 11 is 6.12. The summed E-state index contributed by atoms with van der Waals surface area (Å²) < 4.78 is 29.8. The Balaban J connectivity index is 1.47. The predicted octanol–water partition coefficient (Wildman–Crippen LogP) is 5.02. The number of nitrogens with zero attached hydrogens (tertiary/aromatic N) is 5. The number of pyridine rings is 1. The largest absolute Gasteiger partial charge is 0.370 e. The van der Waals surface area contributed by atoms with Gasteiger partial charge in [0.25, 0.3) is 0 Å². The first-order valence-corrected chi connectivity index (χ1v) is 15.9. The molecule has 42 heavy (non-hydrogen) atoms. The molecule has 0 unspecified atom stereocenters. The number of nitriles is 1. The number of aromatic nitrogens is 3. The Morgan fingerprint density at radius 3 is 2.40 bits per heavy atom. The third-order valence-corrected chi connectivity index (χ3v) is 9.02. The molecule has 3 heterocycles. The minimum absolute atomic E-state index is 0.112. The molecule has 0 bridgehead atoms. The van der Waals surface area contributed by atoms with Crippen molar-refractivity contribution in [2.75, 3.05) is 24.2 Å². The second kappa shape index (κ2) is 10.6. The Labute approximate surface area is 249 Å². The third-order valence-electron chi connectivity index (χ3n) is 8.00. The van der Waals surface area contributed by atoms with Crippen molar-refractivity contribution in [3.63, 3.8) is 0 Å². The van der Waals surface area contributed by atoms with Crippen LogP contribution in [0.4, 0.5) is 5.69 Å². The first kappa shape index (κ1) is 28.0. The van der Waals surface area contributed by atoms with Crippen LogP contribution in [0.3, 0.4) is 0 Å². The van der Waals surface area contributed by atoms with Crippen LogP contribution in [-0.4, -0.2) is 47.9 Å². The second-order valence-electron chi connectivity index (χ2n) is 10.9. The molecule has 0 amide bonds. The zero-order chi connectivity index (χ0) is 29.8. The number of sulfonamides is 1. The molecular weight excluding hydrogens is 570 g/mol. The van der Waals surface area contributed by atoms with E-state index in [0.717, 1.165) is 50.0 Å². The predicted molar refractivity (Wildman–Crippen MR) is 167 cm³/mol. The molecular formula is C31H30ClN7O2S. The summed E-state index contributed by atoms with van der Waals surface area (Å²) in [6.07, 6.45) is 4.28. The van der Waals surface area contributed by atoms with E-state index in [1.807, 2.05) is 67.1 Å². The minimum Gasteiger partial charge on any atom is -0.370 e. The van der Waals surface area contributed by atoms with Gasteiger partial charge in [-0.25, -0.2) is 13.1 Å². The number of benzene rings is 3. The van der Waals surface area contributed by atoms with Gasteiger partial charge in [0.2, 0.25) is 15.6 Å². The molecule has 1 saturated heterocycles. The number of hydrogen-bond acceptors (Lipinski definition) is 6. The van der Waals surface area contributed by atoms with E-state index in [9.17, 15) is 13.7 Å². The highest BCUT2D eigenvalue weighted by Gasteiger charge is 2.25. The topological polar surface area (TPSA) is 120 Å². The van der Waals surface area contributed by atoms with Gasteiger partial charge in [0, 0.05) is 36.6 Å². The number of halogens is 1. The van der Waals surface area contributed by atoms with Gasteiger partial charge in [-0.1, -0.05) is 29.8 Å². The van der Waals surface area contributed by atoms with Crippen molar-refractivity contribution in [1.82, 2.24) is 18.8 Å². The standard InChI is InChI=1S/C31H30ClN7O2S/c1-19-14-28(38-12-10-24(11-13-38)36-42(3,40)41)22(17-33)16-27(19)39-30-25-15-21(20-4-7-23(32)8-5-20)6-9-26(25)35-18-29(30)37(2)31(39)34/h4-9,14-16,18,24,34,36H,10-13H2,1-3H3. The van der Waals surface area contributed by atoms with E-state index < -0.39 is 10.0 Å². The van der Waals surface area contributed by atoms with E-state index in [0.29, 0.717) is 36.5 Å². The van der Waals surface area contributed by atoms with Crippen molar-refractivity contribution in [3.8, 4) is 22.9 Å². The van der Waals surface area contributed by atoms with Gasteiger partial charge in [0.15, 0.2) is 0 Å². The fraction of sp³-hybridized carbons (Fsp3) is 0.258. The maximum Gasteiger partial charge on any atom is 0.208 e. The molecule has 1 aliphatic rings. The summed E-state index contributed by atoms with van der Waals surface area (Å²) in [6.45, 7) is 3.26.